The Hall–Kier alpha value is -2.84. The minimum absolute atomic E-state index is 0.0798. The number of carbonyl (C=O) groups is 3. The van der Waals surface area contributed by atoms with Gasteiger partial charge in [-0.25, -0.2) is 9.36 Å². The van der Waals surface area contributed by atoms with Crippen LogP contribution in [-0.4, -0.2) is 38.7 Å². The Morgan fingerprint density at radius 2 is 1.73 bits per heavy atom. The lowest BCUT2D eigenvalue weighted by molar-refractivity contribution is -0.140. The minimum atomic E-state index is -1.24. The van der Waals surface area contributed by atoms with Gasteiger partial charge in [-0.3, -0.25) is 29.1 Å². The van der Waals surface area contributed by atoms with Crippen LogP contribution >= 0.6 is 0 Å². The molecule has 1 saturated heterocycles. The summed E-state index contributed by atoms with van der Waals surface area (Å²) in [5, 5.41) is 0. The summed E-state index contributed by atoms with van der Waals surface area (Å²) in [7, 11) is 0. The monoisotopic (exact) mass is 361 g/mol. The van der Waals surface area contributed by atoms with Crippen molar-refractivity contribution >= 4 is 17.7 Å². The molecule has 3 aliphatic rings. The molecule has 1 N–H and O–H groups in total. The molecule has 1 aromatic rings. The van der Waals surface area contributed by atoms with E-state index < -0.39 is 23.0 Å². The number of carbonyl (C=O) groups excluding carboxylic acids is 3. The Labute approximate surface area is 146 Å². The molecular weight excluding hydrogens is 345 g/mol. The number of allylic oxidation sites excluding steroid dienone is 2. The molecule has 4 rings (SSSR count). The lowest BCUT2D eigenvalue weighted by Crippen LogP contribution is -2.36. The number of fused-ring (bicyclic) bond motifs is 5. The maximum absolute atomic E-state index is 13.2. The normalized spacial score (nSPS) is 28.9. The van der Waals surface area contributed by atoms with Gasteiger partial charge in [-0.05, 0) is 24.7 Å². The summed E-state index contributed by atoms with van der Waals surface area (Å²) in [6.45, 7) is 0.0798. The Bertz CT molecular complexity index is 932. The second-order valence-corrected chi connectivity index (χ2v) is 6.93. The van der Waals surface area contributed by atoms with Crippen LogP contribution in [0.3, 0.4) is 0 Å². The van der Waals surface area contributed by atoms with Gasteiger partial charge in [0.05, 0.1) is 18.0 Å². The summed E-state index contributed by atoms with van der Waals surface area (Å²) in [5.74, 6) is -2.68. The molecule has 26 heavy (non-hydrogen) atoms. The first-order valence-electron chi connectivity index (χ1n) is 8.46. The zero-order valence-corrected chi connectivity index (χ0v) is 13.7. The van der Waals surface area contributed by atoms with Crippen LogP contribution in [0.2, 0.25) is 0 Å². The van der Waals surface area contributed by atoms with E-state index in [4.69, 9.17) is 0 Å². The fourth-order valence-electron chi connectivity index (χ4n) is 4.33. The van der Waals surface area contributed by atoms with E-state index in [-0.39, 0.29) is 54.9 Å². The molecule has 8 nitrogen and oxygen atoms in total. The predicted octanol–water partition coefficient (Wildman–Crippen LogP) is -0.0968. The van der Waals surface area contributed by atoms with Crippen molar-refractivity contribution in [1.82, 2.24) is 14.5 Å². The molecule has 1 saturated carbocycles. The number of hydrogen-bond donors (Lipinski definition) is 1. The third-order valence-electron chi connectivity index (χ3n) is 5.50. The summed E-state index contributed by atoms with van der Waals surface area (Å²) in [5.41, 5.74) is -2.21. The van der Waals surface area contributed by atoms with E-state index in [1.165, 1.54) is 4.90 Å². The van der Waals surface area contributed by atoms with Crippen molar-refractivity contribution in [3.63, 3.8) is 0 Å². The fourth-order valence-corrected chi connectivity index (χ4v) is 4.33. The highest BCUT2D eigenvalue weighted by Crippen LogP contribution is 2.52. The second kappa shape index (κ2) is 5.86. The van der Waals surface area contributed by atoms with Crippen molar-refractivity contribution in [2.45, 2.75) is 19.3 Å². The van der Waals surface area contributed by atoms with Crippen LogP contribution in [0.25, 0.3) is 0 Å². The van der Waals surface area contributed by atoms with E-state index in [1.54, 1.807) is 4.98 Å². The van der Waals surface area contributed by atoms with Crippen LogP contribution in [-0.2, 0) is 9.59 Å². The van der Waals surface area contributed by atoms with Crippen molar-refractivity contribution < 1.29 is 18.8 Å². The highest BCUT2D eigenvalue weighted by molar-refractivity contribution is 6.06. The van der Waals surface area contributed by atoms with Gasteiger partial charge >= 0.3 is 5.69 Å². The maximum atomic E-state index is 13.2. The number of nitrogens with zero attached hydrogens (tertiary/aromatic N) is 2. The Morgan fingerprint density at radius 1 is 1.12 bits per heavy atom. The molecule has 1 aromatic heterocycles. The first-order chi connectivity index (χ1) is 12.4. The molecule has 0 spiro atoms. The van der Waals surface area contributed by atoms with Crippen molar-refractivity contribution in [2.24, 2.45) is 23.7 Å². The number of likely N-dealkylation sites (tertiary alicyclic amines) is 1. The molecule has 0 aromatic carbocycles. The van der Waals surface area contributed by atoms with Gasteiger partial charge in [0.15, 0.2) is 0 Å². The minimum Gasteiger partial charge on any atom is -0.282 e. The number of rotatable bonds is 4. The molecular formula is C17H16FN3O5. The van der Waals surface area contributed by atoms with Gasteiger partial charge in [0.2, 0.25) is 23.5 Å². The van der Waals surface area contributed by atoms with Crippen LogP contribution < -0.4 is 11.2 Å². The third-order valence-corrected chi connectivity index (χ3v) is 5.50. The summed E-state index contributed by atoms with van der Waals surface area (Å²) >= 11 is 0. The highest BCUT2D eigenvalue weighted by atomic mass is 19.1. The van der Waals surface area contributed by atoms with E-state index in [1.807, 2.05) is 12.2 Å². The SMILES string of the molecule is O=C1[C@@H]2[C@H](C(=O)N1CCCC(=O)n1cc(F)c(=O)[nH]c1=O)[C@@H]1C=C[C@H]2C1. The summed E-state index contributed by atoms with van der Waals surface area (Å²) in [4.78, 5) is 62.5. The maximum Gasteiger partial charge on any atom is 0.335 e. The molecule has 136 valence electrons. The standard InChI is InChI=1S/C17H16FN3O5/c18-10-7-21(17(26)19-14(10)23)11(22)2-1-5-20-15(24)12-8-3-4-9(6-8)13(12)16(20)25/h3-4,7-9,12-13H,1-2,5-6H2,(H,19,23,26)/t8-,9+,12-,13+. The molecule has 9 heteroatoms. The number of H-pyrrole nitrogens is 1. The van der Waals surface area contributed by atoms with E-state index >= 15 is 0 Å². The molecule has 1 aliphatic heterocycles. The Morgan fingerprint density at radius 3 is 2.35 bits per heavy atom. The van der Waals surface area contributed by atoms with Crippen molar-refractivity contribution in [2.75, 3.05) is 6.54 Å². The zero-order valence-electron chi connectivity index (χ0n) is 13.7. The molecule has 2 bridgehead atoms. The summed E-state index contributed by atoms with van der Waals surface area (Å²) in [6.07, 6.45) is 5.39. The van der Waals surface area contributed by atoms with Crippen LogP contribution in [0.15, 0.2) is 27.9 Å². The van der Waals surface area contributed by atoms with Crippen LogP contribution in [0.5, 0.6) is 0 Å². The molecule has 4 atom stereocenters. The van der Waals surface area contributed by atoms with E-state index in [0.717, 1.165) is 6.42 Å². The van der Waals surface area contributed by atoms with Gasteiger partial charge in [0.1, 0.15) is 0 Å². The van der Waals surface area contributed by atoms with E-state index in [9.17, 15) is 28.4 Å². The molecule has 2 aliphatic carbocycles. The fraction of sp³-hybridized carbons (Fsp3) is 0.471. The number of aromatic amines is 1. The molecule has 2 heterocycles. The first kappa shape index (κ1) is 16.6. The highest BCUT2D eigenvalue weighted by Gasteiger charge is 2.58. The lowest BCUT2D eigenvalue weighted by atomic mass is 9.85. The van der Waals surface area contributed by atoms with Crippen molar-refractivity contribution in [1.29, 1.82) is 0 Å². The third kappa shape index (κ3) is 2.38. The van der Waals surface area contributed by atoms with E-state index in [2.05, 4.69) is 0 Å². The quantitative estimate of drug-likeness (QED) is 0.595. The van der Waals surface area contributed by atoms with Gasteiger partial charge in [-0.15, -0.1) is 0 Å². The largest absolute Gasteiger partial charge is 0.335 e. The van der Waals surface area contributed by atoms with Crippen molar-refractivity contribution in [3.05, 3.63) is 45.0 Å². The molecule has 0 unspecified atom stereocenters. The summed E-state index contributed by atoms with van der Waals surface area (Å²) in [6, 6.07) is 0. The number of nitrogens with one attached hydrogen (secondary N) is 1. The molecule has 2 fully saturated rings. The van der Waals surface area contributed by atoms with Crippen LogP contribution in [0, 0.1) is 29.5 Å². The van der Waals surface area contributed by atoms with Crippen LogP contribution in [0.4, 0.5) is 4.39 Å². The number of aromatic nitrogens is 2. The average molecular weight is 361 g/mol. The van der Waals surface area contributed by atoms with Gasteiger partial charge < -0.3 is 0 Å². The van der Waals surface area contributed by atoms with Gasteiger partial charge in [0.25, 0.3) is 5.56 Å². The lowest BCUT2D eigenvalue weighted by Gasteiger charge is -2.16. The topological polar surface area (TPSA) is 109 Å². The van der Waals surface area contributed by atoms with Gasteiger partial charge in [-0.1, -0.05) is 12.2 Å². The molecule has 0 radical (unpaired) electrons. The van der Waals surface area contributed by atoms with Crippen LogP contribution in [0.1, 0.15) is 24.1 Å². The molecule has 2 amide bonds. The van der Waals surface area contributed by atoms with E-state index in [0.29, 0.717) is 10.8 Å². The Kier molecular flexibility index (Phi) is 3.74. The Balaban J connectivity index is 1.40. The smallest absolute Gasteiger partial charge is 0.282 e. The average Bonchev–Trinajstić information content (AvgIpc) is 3.27. The van der Waals surface area contributed by atoms with Crippen molar-refractivity contribution in [3.8, 4) is 0 Å². The number of imide groups is 1. The van der Waals surface area contributed by atoms with Gasteiger partial charge in [-0.2, -0.15) is 4.39 Å². The second-order valence-electron chi connectivity index (χ2n) is 6.93. The van der Waals surface area contributed by atoms with Gasteiger partial charge in [0, 0.05) is 13.0 Å². The predicted molar refractivity (Wildman–Crippen MR) is 85.6 cm³/mol. The number of amides is 2. The first-order valence-corrected chi connectivity index (χ1v) is 8.46. The number of hydrogen-bond acceptors (Lipinski definition) is 5. The zero-order chi connectivity index (χ0) is 18.6. The summed E-state index contributed by atoms with van der Waals surface area (Å²) < 4.78 is 13.7. The number of halogens is 1.